The molecular formula is C16H30. The summed E-state index contributed by atoms with van der Waals surface area (Å²) in [6.07, 6.45) is 18.3. The first-order valence-corrected chi connectivity index (χ1v) is 7.92. The summed E-state index contributed by atoms with van der Waals surface area (Å²) in [5.41, 5.74) is 0. The monoisotopic (exact) mass is 222 g/mol. The molecule has 16 heavy (non-hydrogen) atoms. The molecule has 0 radical (unpaired) electrons. The predicted molar refractivity (Wildman–Crippen MR) is 71.5 cm³/mol. The molecule has 2 unspecified atom stereocenters. The van der Waals surface area contributed by atoms with Crippen LogP contribution >= 0.6 is 0 Å². The molecule has 0 heterocycles. The molecule has 0 aromatic heterocycles. The Kier molecular flexibility index (Phi) is 5.19. The fourth-order valence-corrected chi connectivity index (χ4v) is 4.28. The Balaban J connectivity index is 1.97. The predicted octanol–water partition coefficient (Wildman–Crippen LogP) is 5.56. The van der Waals surface area contributed by atoms with E-state index in [9.17, 15) is 0 Å². The van der Waals surface area contributed by atoms with Gasteiger partial charge in [-0.1, -0.05) is 77.6 Å². The van der Waals surface area contributed by atoms with Crippen LogP contribution in [0.5, 0.6) is 0 Å². The zero-order valence-electron chi connectivity index (χ0n) is 11.2. The Labute approximate surface area is 102 Å². The third kappa shape index (κ3) is 3.25. The minimum Gasteiger partial charge on any atom is -0.0651 e. The average molecular weight is 222 g/mol. The Morgan fingerprint density at radius 2 is 1.25 bits per heavy atom. The van der Waals surface area contributed by atoms with Crippen LogP contribution in [0.25, 0.3) is 0 Å². The van der Waals surface area contributed by atoms with Crippen LogP contribution in [0.1, 0.15) is 84.0 Å². The molecule has 2 fully saturated rings. The van der Waals surface area contributed by atoms with Crippen molar-refractivity contribution in [3.63, 3.8) is 0 Å². The Morgan fingerprint density at radius 3 is 2.00 bits per heavy atom. The van der Waals surface area contributed by atoms with E-state index in [2.05, 4.69) is 6.92 Å². The van der Waals surface area contributed by atoms with Crippen molar-refractivity contribution in [3.8, 4) is 0 Å². The van der Waals surface area contributed by atoms with Crippen LogP contribution in [0.3, 0.4) is 0 Å². The van der Waals surface area contributed by atoms with Crippen molar-refractivity contribution in [3.05, 3.63) is 0 Å². The highest BCUT2D eigenvalue weighted by Crippen LogP contribution is 2.41. The van der Waals surface area contributed by atoms with Crippen molar-refractivity contribution in [1.82, 2.24) is 0 Å². The molecule has 0 spiro atoms. The number of hydrogen-bond donors (Lipinski definition) is 0. The summed E-state index contributed by atoms with van der Waals surface area (Å²) in [6.45, 7) is 2.43. The Bertz CT molecular complexity index is 174. The summed E-state index contributed by atoms with van der Waals surface area (Å²) in [4.78, 5) is 0. The zero-order valence-corrected chi connectivity index (χ0v) is 11.2. The van der Waals surface area contributed by atoms with Gasteiger partial charge in [-0.2, -0.15) is 0 Å². The molecule has 0 aromatic carbocycles. The van der Waals surface area contributed by atoms with Crippen LogP contribution in [0, 0.1) is 17.8 Å². The molecule has 3 atom stereocenters. The maximum atomic E-state index is 2.43. The average Bonchev–Trinajstić information content (AvgIpc) is 2.35. The molecule has 0 amide bonds. The van der Waals surface area contributed by atoms with Crippen LogP contribution in [0.4, 0.5) is 0 Å². The first kappa shape index (κ1) is 12.5. The van der Waals surface area contributed by atoms with Gasteiger partial charge in [-0.25, -0.2) is 0 Å². The van der Waals surface area contributed by atoms with Crippen molar-refractivity contribution < 1.29 is 0 Å². The van der Waals surface area contributed by atoms with Crippen molar-refractivity contribution in [2.75, 3.05) is 0 Å². The van der Waals surface area contributed by atoms with E-state index in [0.29, 0.717) is 0 Å². The van der Waals surface area contributed by atoms with E-state index in [-0.39, 0.29) is 0 Å². The van der Waals surface area contributed by atoms with Gasteiger partial charge in [0.2, 0.25) is 0 Å². The quantitative estimate of drug-likeness (QED) is 0.544. The van der Waals surface area contributed by atoms with Gasteiger partial charge in [0.05, 0.1) is 0 Å². The molecule has 2 rings (SSSR count). The van der Waals surface area contributed by atoms with Gasteiger partial charge in [-0.05, 0) is 24.2 Å². The highest BCUT2D eigenvalue weighted by molar-refractivity contribution is 4.81. The van der Waals surface area contributed by atoms with E-state index >= 15 is 0 Å². The molecule has 0 heteroatoms. The Morgan fingerprint density at radius 1 is 0.688 bits per heavy atom. The van der Waals surface area contributed by atoms with Gasteiger partial charge in [0.1, 0.15) is 0 Å². The third-order valence-corrected chi connectivity index (χ3v) is 5.25. The van der Waals surface area contributed by atoms with E-state index in [1.807, 2.05) is 0 Å². The van der Waals surface area contributed by atoms with Gasteiger partial charge in [0, 0.05) is 0 Å². The molecule has 0 bridgehead atoms. The lowest BCUT2D eigenvalue weighted by Crippen LogP contribution is -2.27. The fourth-order valence-electron chi connectivity index (χ4n) is 4.28. The largest absolute Gasteiger partial charge is 0.0651 e. The highest BCUT2D eigenvalue weighted by atomic mass is 14.4. The van der Waals surface area contributed by atoms with E-state index < -0.39 is 0 Å². The van der Waals surface area contributed by atoms with Gasteiger partial charge < -0.3 is 0 Å². The molecule has 0 saturated heterocycles. The summed E-state index contributed by atoms with van der Waals surface area (Å²) >= 11 is 0. The number of rotatable bonds is 1. The lowest BCUT2D eigenvalue weighted by Gasteiger charge is -2.38. The number of fused-ring (bicyclic) bond motifs is 1. The summed E-state index contributed by atoms with van der Waals surface area (Å²) in [7, 11) is 0. The second-order valence-electron chi connectivity index (χ2n) is 6.22. The van der Waals surface area contributed by atoms with Crippen LogP contribution in [0.2, 0.25) is 0 Å². The van der Waals surface area contributed by atoms with Gasteiger partial charge in [-0.3, -0.25) is 0 Å². The molecule has 94 valence electrons. The van der Waals surface area contributed by atoms with Crippen molar-refractivity contribution in [2.24, 2.45) is 17.8 Å². The molecule has 2 aliphatic carbocycles. The van der Waals surface area contributed by atoms with E-state index in [4.69, 9.17) is 0 Å². The molecule has 0 aromatic rings. The molecule has 2 aliphatic rings. The molecule has 0 nitrogen and oxygen atoms in total. The van der Waals surface area contributed by atoms with Crippen LogP contribution < -0.4 is 0 Å². The minimum absolute atomic E-state index is 1.07. The van der Waals surface area contributed by atoms with E-state index in [0.717, 1.165) is 17.8 Å². The molecule has 0 N–H and O–H groups in total. The van der Waals surface area contributed by atoms with Crippen LogP contribution in [0.15, 0.2) is 0 Å². The SMILES string of the molecule is CCC1CCCCCCCC2CCCC[C@H]12. The molecule has 2 saturated carbocycles. The Hall–Kier alpha value is 0. The summed E-state index contributed by atoms with van der Waals surface area (Å²) in [6, 6.07) is 0. The maximum Gasteiger partial charge on any atom is -0.0358 e. The van der Waals surface area contributed by atoms with E-state index in [1.54, 1.807) is 19.3 Å². The number of hydrogen-bond acceptors (Lipinski definition) is 0. The fraction of sp³-hybridized carbons (Fsp3) is 1.00. The topological polar surface area (TPSA) is 0 Å². The summed E-state index contributed by atoms with van der Waals surface area (Å²) in [5.74, 6) is 3.29. The van der Waals surface area contributed by atoms with Crippen molar-refractivity contribution in [2.45, 2.75) is 84.0 Å². The summed E-state index contributed by atoms with van der Waals surface area (Å²) < 4.78 is 0. The zero-order chi connectivity index (χ0) is 11.2. The lowest BCUT2D eigenvalue weighted by molar-refractivity contribution is 0.132. The van der Waals surface area contributed by atoms with Gasteiger partial charge in [0.15, 0.2) is 0 Å². The van der Waals surface area contributed by atoms with Gasteiger partial charge in [-0.15, -0.1) is 0 Å². The van der Waals surface area contributed by atoms with Crippen LogP contribution in [-0.4, -0.2) is 0 Å². The van der Waals surface area contributed by atoms with Gasteiger partial charge >= 0.3 is 0 Å². The highest BCUT2D eigenvalue weighted by Gasteiger charge is 2.30. The first-order chi connectivity index (χ1) is 7.92. The maximum absolute atomic E-state index is 2.43. The van der Waals surface area contributed by atoms with Crippen LogP contribution in [-0.2, 0) is 0 Å². The lowest BCUT2D eigenvalue weighted by atomic mass is 9.68. The first-order valence-electron chi connectivity index (χ1n) is 7.92. The second-order valence-corrected chi connectivity index (χ2v) is 6.22. The van der Waals surface area contributed by atoms with Crippen molar-refractivity contribution in [1.29, 1.82) is 0 Å². The second kappa shape index (κ2) is 6.67. The van der Waals surface area contributed by atoms with Crippen molar-refractivity contribution >= 4 is 0 Å². The smallest absolute Gasteiger partial charge is 0.0358 e. The summed E-state index contributed by atoms with van der Waals surface area (Å²) in [5, 5.41) is 0. The molecular weight excluding hydrogens is 192 g/mol. The normalized spacial score (nSPS) is 37.7. The van der Waals surface area contributed by atoms with Gasteiger partial charge in [0.25, 0.3) is 0 Å². The third-order valence-electron chi connectivity index (χ3n) is 5.25. The standard InChI is InChI=1S/C16H30/c1-2-14-10-6-4-3-5-7-11-15-12-8-9-13-16(14)15/h14-16H,2-13H2,1H3/t14?,15?,16-/m1/s1. The molecule has 0 aliphatic heterocycles. The van der Waals surface area contributed by atoms with E-state index in [1.165, 1.54) is 57.8 Å². The minimum atomic E-state index is 1.07.